The van der Waals surface area contributed by atoms with Crippen LogP contribution in [0, 0.1) is 0 Å². The van der Waals surface area contributed by atoms with Crippen molar-refractivity contribution in [1.29, 1.82) is 0 Å². The molecule has 1 N–H and O–H groups in total. The third-order valence-electron chi connectivity index (χ3n) is 2.57. The van der Waals surface area contributed by atoms with E-state index in [1.54, 1.807) is 13.8 Å². The van der Waals surface area contributed by atoms with Crippen LogP contribution >= 0.6 is 0 Å². The van der Waals surface area contributed by atoms with Crippen LogP contribution in [0.15, 0.2) is 5.11 Å². The number of fused-ring (bicyclic) bond motifs is 1. The van der Waals surface area contributed by atoms with Gasteiger partial charge in [-0.1, -0.05) is 5.11 Å². The summed E-state index contributed by atoms with van der Waals surface area (Å²) in [6.45, 7) is 3.37. The highest BCUT2D eigenvalue weighted by atomic mass is 16.8. The van der Waals surface area contributed by atoms with E-state index < -0.39 is 24.2 Å². The summed E-state index contributed by atoms with van der Waals surface area (Å²) in [5, 5.41) is 12.7. The number of hydrogen-bond acceptors (Lipinski definition) is 5. The highest BCUT2D eigenvalue weighted by Gasteiger charge is 2.58. The van der Waals surface area contributed by atoms with E-state index in [1.807, 2.05) is 0 Å². The Hall–Kier alpha value is -0.850. The molecule has 2 rings (SSSR count). The van der Waals surface area contributed by atoms with Crippen molar-refractivity contribution in [1.82, 2.24) is 0 Å². The lowest BCUT2D eigenvalue weighted by Crippen LogP contribution is -2.44. The van der Waals surface area contributed by atoms with Gasteiger partial charge in [-0.2, -0.15) is 0 Å². The molecule has 0 bridgehead atoms. The van der Waals surface area contributed by atoms with Crippen molar-refractivity contribution < 1.29 is 19.3 Å². The number of ether oxygens (including phenoxy) is 3. The third kappa shape index (κ3) is 1.58. The minimum atomic E-state index is -1.34. The SMILES string of the molecule is CC1(C)O[C@@H]2CO[C@@](CO)(N=[N+]=[N-])[C@H]2O1. The van der Waals surface area contributed by atoms with Gasteiger partial charge in [-0.15, -0.1) is 0 Å². The van der Waals surface area contributed by atoms with Crippen LogP contribution in [-0.2, 0) is 14.2 Å². The standard InChI is InChI=1S/C8H13N3O4/c1-7(2)14-5-3-13-8(4-12,10-11-9)6(5)15-7/h5-6,12H,3-4H2,1-2H3/t5-,6+,8-/m1/s1. The Morgan fingerprint density at radius 1 is 1.53 bits per heavy atom. The molecule has 0 amide bonds. The summed E-state index contributed by atoms with van der Waals surface area (Å²) < 4.78 is 16.4. The van der Waals surface area contributed by atoms with Gasteiger partial charge < -0.3 is 19.3 Å². The molecular weight excluding hydrogens is 202 g/mol. The Morgan fingerprint density at radius 2 is 2.27 bits per heavy atom. The predicted octanol–water partition coefficient (Wildman–Crippen LogP) is 0.536. The summed E-state index contributed by atoms with van der Waals surface area (Å²) in [6, 6.07) is 0. The van der Waals surface area contributed by atoms with Gasteiger partial charge in [0.2, 0.25) is 0 Å². The van der Waals surface area contributed by atoms with Crippen molar-refractivity contribution in [2.45, 2.75) is 37.6 Å². The molecule has 7 nitrogen and oxygen atoms in total. The Kier molecular flexibility index (Phi) is 2.37. The maximum Gasteiger partial charge on any atom is 0.198 e. The molecule has 0 aromatic heterocycles. The number of rotatable bonds is 2. The molecule has 0 aliphatic carbocycles. The van der Waals surface area contributed by atoms with Crippen LogP contribution in [-0.4, -0.2) is 42.0 Å². The van der Waals surface area contributed by atoms with E-state index in [0.29, 0.717) is 0 Å². The summed E-state index contributed by atoms with van der Waals surface area (Å²) in [7, 11) is 0. The van der Waals surface area contributed by atoms with E-state index in [4.69, 9.17) is 19.7 Å². The molecule has 0 unspecified atom stereocenters. The van der Waals surface area contributed by atoms with Gasteiger partial charge in [0.15, 0.2) is 11.5 Å². The number of aliphatic hydroxyl groups excluding tert-OH is 1. The lowest BCUT2D eigenvalue weighted by Gasteiger charge is -2.27. The lowest BCUT2D eigenvalue weighted by molar-refractivity contribution is -0.199. The monoisotopic (exact) mass is 215 g/mol. The van der Waals surface area contributed by atoms with Crippen molar-refractivity contribution in [2.24, 2.45) is 5.11 Å². The summed E-state index contributed by atoms with van der Waals surface area (Å²) in [5.41, 5.74) is 7.10. The van der Waals surface area contributed by atoms with Crippen LogP contribution in [0.25, 0.3) is 10.4 Å². The van der Waals surface area contributed by atoms with Crippen molar-refractivity contribution >= 4 is 0 Å². The van der Waals surface area contributed by atoms with Crippen molar-refractivity contribution in [3.63, 3.8) is 0 Å². The third-order valence-corrected chi connectivity index (χ3v) is 2.57. The minimum absolute atomic E-state index is 0.258. The van der Waals surface area contributed by atoms with E-state index in [0.717, 1.165) is 0 Å². The smallest absolute Gasteiger partial charge is 0.198 e. The summed E-state index contributed by atoms with van der Waals surface area (Å²) >= 11 is 0. The molecule has 15 heavy (non-hydrogen) atoms. The second-order valence-corrected chi connectivity index (χ2v) is 4.10. The van der Waals surface area contributed by atoms with Crippen molar-refractivity contribution in [2.75, 3.05) is 13.2 Å². The van der Waals surface area contributed by atoms with Crippen molar-refractivity contribution in [3.8, 4) is 0 Å². The van der Waals surface area contributed by atoms with Gasteiger partial charge in [0.1, 0.15) is 12.2 Å². The summed E-state index contributed by atoms with van der Waals surface area (Å²) in [6.07, 6.45) is -0.842. The molecule has 0 spiro atoms. The molecule has 0 aromatic rings. The molecule has 2 aliphatic heterocycles. The average Bonchev–Trinajstić information content (AvgIpc) is 2.62. The molecule has 7 heteroatoms. The molecule has 3 atom stereocenters. The van der Waals surface area contributed by atoms with E-state index in [-0.39, 0.29) is 12.7 Å². The zero-order valence-electron chi connectivity index (χ0n) is 8.58. The molecule has 2 aliphatic rings. The molecule has 2 fully saturated rings. The molecule has 0 aromatic carbocycles. The zero-order valence-corrected chi connectivity index (χ0v) is 8.58. The average molecular weight is 215 g/mol. The fourth-order valence-corrected chi connectivity index (χ4v) is 1.98. The minimum Gasteiger partial charge on any atom is -0.393 e. The van der Waals surface area contributed by atoms with Gasteiger partial charge in [0.05, 0.1) is 13.2 Å². The van der Waals surface area contributed by atoms with E-state index in [9.17, 15) is 5.11 Å². The molecular formula is C8H13N3O4. The van der Waals surface area contributed by atoms with Crippen LogP contribution in [0.4, 0.5) is 0 Å². The summed E-state index contributed by atoms with van der Waals surface area (Å²) in [4.78, 5) is 2.67. The topological polar surface area (TPSA) is 96.7 Å². The fraction of sp³-hybridized carbons (Fsp3) is 1.00. The van der Waals surface area contributed by atoms with E-state index in [1.165, 1.54) is 0 Å². The first-order valence-corrected chi connectivity index (χ1v) is 4.70. The van der Waals surface area contributed by atoms with E-state index >= 15 is 0 Å². The first-order valence-electron chi connectivity index (χ1n) is 4.70. The first kappa shape index (κ1) is 10.7. The predicted molar refractivity (Wildman–Crippen MR) is 48.7 cm³/mol. The first-order chi connectivity index (χ1) is 7.03. The number of aliphatic hydroxyl groups is 1. The largest absolute Gasteiger partial charge is 0.393 e. The molecule has 2 heterocycles. The fourth-order valence-electron chi connectivity index (χ4n) is 1.98. The quantitative estimate of drug-likeness (QED) is 0.413. The number of azide groups is 1. The second-order valence-electron chi connectivity index (χ2n) is 4.10. The highest BCUT2D eigenvalue weighted by molar-refractivity contribution is 5.01. The van der Waals surface area contributed by atoms with Crippen LogP contribution in [0.1, 0.15) is 13.8 Å². The number of hydrogen-bond donors (Lipinski definition) is 1. The normalized spacial score (nSPS) is 42.3. The Balaban J connectivity index is 2.27. The van der Waals surface area contributed by atoms with E-state index in [2.05, 4.69) is 10.0 Å². The van der Waals surface area contributed by atoms with Gasteiger partial charge in [-0.25, -0.2) is 0 Å². The van der Waals surface area contributed by atoms with Crippen LogP contribution in [0.3, 0.4) is 0 Å². The molecule has 0 radical (unpaired) electrons. The molecule has 2 saturated heterocycles. The second kappa shape index (κ2) is 3.33. The molecule has 0 saturated carbocycles. The van der Waals surface area contributed by atoms with Gasteiger partial charge in [-0.05, 0) is 19.4 Å². The van der Waals surface area contributed by atoms with Gasteiger partial charge in [0.25, 0.3) is 0 Å². The van der Waals surface area contributed by atoms with Gasteiger partial charge in [-0.3, -0.25) is 0 Å². The Labute approximate surface area is 86.6 Å². The Morgan fingerprint density at radius 3 is 2.87 bits per heavy atom. The molecule has 84 valence electrons. The van der Waals surface area contributed by atoms with Crippen LogP contribution < -0.4 is 0 Å². The van der Waals surface area contributed by atoms with Crippen LogP contribution in [0.2, 0.25) is 0 Å². The summed E-state index contributed by atoms with van der Waals surface area (Å²) in [5.74, 6) is -0.732. The lowest BCUT2D eigenvalue weighted by atomic mass is 10.1. The van der Waals surface area contributed by atoms with Crippen LogP contribution in [0.5, 0.6) is 0 Å². The van der Waals surface area contributed by atoms with Gasteiger partial charge >= 0.3 is 0 Å². The van der Waals surface area contributed by atoms with Gasteiger partial charge in [0, 0.05) is 4.91 Å². The van der Waals surface area contributed by atoms with Crippen molar-refractivity contribution in [3.05, 3.63) is 10.4 Å². The number of nitrogens with zero attached hydrogens (tertiary/aromatic N) is 3. The maximum atomic E-state index is 9.24. The Bertz CT molecular complexity index is 315. The zero-order chi connectivity index (χ0) is 11.1. The maximum absolute atomic E-state index is 9.24. The highest BCUT2D eigenvalue weighted by Crippen LogP contribution is 2.41.